The van der Waals surface area contributed by atoms with Gasteiger partial charge in [-0.05, 0) is 43.9 Å². The summed E-state index contributed by atoms with van der Waals surface area (Å²) in [7, 11) is 0. The summed E-state index contributed by atoms with van der Waals surface area (Å²) < 4.78 is 0. The number of rotatable bonds is 3. The lowest BCUT2D eigenvalue weighted by Crippen LogP contribution is -2.28. The first-order valence-corrected chi connectivity index (χ1v) is 8.70. The predicted molar refractivity (Wildman–Crippen MR) is 113 cm³/mol. The summed E-state index contributed by atoms with van der Waals surface area (Å²) in [6.07, 6.45) is 4.19. The Hall–Kier alpha value is -1.47. The first-order chi connectivity index (χ1) is 11.6. The van der Waals surface area contributed by atoms with E-state index in [4.69, 9.17) is 33.0 Å². The van der Waals surface area contributed by atoms with E-state index in [2.05, 4.69) is 10.2 Å². The zero-order valence-electron chi connectivity index (χ0n) is 14.2. The molecule has 1 aromatic heterocycles. The van der Waals surface area contributed by atoms with Crippen LogP contribution in [0.1, 0.15) is 24.1 Å². The molecule has 1 fully saturated rings. The molecule has 142 valence electrons. The van der Waals surface area contributed by atoms with Crippen molar-refractivity contribution in [3.63, 3.8) is 0 Å². The highest BCUT2D eigenvalue weighted by molar-refractivity contribution is 6.33. The van der Waals surface area contributed by atoms with E-state index in [0.29, 0.717) is 16.7 Å². The minimum absolute atomic E-state index is 0. The standard InChI is InChI=1S/C17H21ClN6.2ClH/c18-13-5-4-11(8-14(13)20)21-17-22-15-3-1-2-12(15)16(23-17)24-7-6-10(19)9-24;;/h4-5,8,10H,1-3,6-7,9,19-20H2,(H,21,22,23);2*1H/t10-;;/m0../s1. The van der Waals surface area contributed by atoms with E-state index >= 15 is 0 Å². The largest absolute Gasteiger partial charge is 0.397 e. The summed E-state index contributed by atoms with van der Waals surface area (Å²) in [5.74, 6) is 1.64. The van der Waals surface area contributed by atoms with Gasteiger partial charge in [-0.2, -0.15) is 4.98 Å². The number of benzene rings is 1. The maximum absolute atomic E-state index is 6.07. The number of anilines is 4. The third kappa shape index (κ3) is 4.09. The zero-order chi connectivity index (χ0) is 16.7. The fourth-order valence-corrected chi connectivity index (χ4v) is 3.58. The first-order valence-electron chi connectivity index (χ1n) is 8.32. The van der Waals surface area contributed by atoms with Gasteiger partial charge in [-0.15, -0.1) is 24.8 Å². The summed E-state index contributed by atoms with van der Waals surface area (Å²) in [5.41, 5.74) is 15.7. The van der Waals surface area contributed by atoms with Crippen LogP contribution in [0.5, 0.6) is 0 Å². The second-order valence-corrected chi connectivity index (χ2v) is 6.91. The molecular weight excluding hydrogens is 395 g/mol. The Kier molecular flexibility index (Phi) is 6.80. The van der Waals surface area contributed by atoms with E-state index in [9.17, 15) is 0 Å². The highest BCUT2D eigenvalue weighted by Crippen LogP contribution is 2.32. The average molecular weight is 418 g/mol. The van der Waals surface area contributed by atoms with Gasteiger partial charge >= 0.3 is 0 Å². The lowest BCUT2D eigenvalue weighted by molar-refractivity contribution is 0.751. The maximum atomic E-state index is 6.07. The molecule has 2 heterocycles. The molecule has 9 heteroatoms. The average Bonchev–Trinajstić information content (AvgIpc) is 3.19. The van der Waals surface area contributed by atoms with Gasteiger partial charge < -0.3 is 21.7 Å². The molecule has 0 radical (unpaired) electrons. The number of hydrogen-bond acceptors (Lipinski definition) is 6. The first kappa shape index (κ1) is 20.8. The SMILES string of the molecule is Cl.Cl.Nc1cc(Nc2nc3c(c(N4CC[C@H](N)C4)n2)CCC3)ccc1Cl. The summed E-state index contributed by atoms with van der Waals surface area (Å²) in [6, 6.07) is 5.67. The van der Waals surface area contributed by atoms with Crippen LogP contribution in [0.4, 0.5) is 23.1 Å². The number of aromatic nitrogens is 2. The van der Waals surface area contributed by atoms with E-state index < -0.39 is 0 Å². The fraction of sp³-hybridized carbons (Fsp3) is 0.412. The Morgan fingerprint density at radius 3 is 2.69 bits per heavy atom. The van der Waals surface area contributed by atoms with Crippen molar-refractivity contribution in [1.29, 1.82) is 0 Å². The van der Waals surface area contributed by atoms with Crippen molar-refractivity contribution in [2.75, 3.05) is 29.0 Å². The van der Waals surface area contributed by atoms with E-state index in [1.165, 1.54) is 5.56 Å². The van der Waals surface area contributed by atoms with Crippen LogP contribution in [-0.2, 0) is 12.8 Å². The number of nitrogens with one attached hydrogen (secondary N) is 1. The number of aryl methyl sites for hydroxylation is 1. The molecule has 0 spiro atoms. The van der Waals surface area contributed by atoms with Crippen molar-refractivity contribution >= 4 is 59.6 Å². The van der Waals surface area contributed by atoms with E-state index in [0.717, 1.165) is 56.0 Å². The highest BCUT2D eigenvalue weighted by atomic mass is 35.5. The third-order valence-electron chi connectivity index (χ3n) is 4.69. The van der Waals surface area contributed by atoms with Crippen LogP contribution in [-0.4, -0.2) is 29.1 Å². The van der Waals surface area contributed by atoms with E-state index in [1.54, 1.807) is 12.1 Å². The Bertz CT molecular complexity index is 785. The molecule has 6 nitrogen and oxygen atoms in total. The number of hydrogen-bond donors (Lipinski definition) is 3. The molecule has 1 aromatic carbocycles. The molecule has 1 aliphatic carbocycles. The minimum Gasteiger partial charge on any atom is -0.397 e. The Morgan fingerprint density at radius 2 is 2.00 bits per heavy atom. The second kappa shape index (κ2) is 8.48. The van der Waals surface area contributed by atoms with Gasteiger partial charge in [0, 0.05) is 30.4 Å². The van der Waals surface area contributed by atoms with Crippen LogP contribution < -0.4 is 21.7 Å². The summed E-state index contributed by atoms with van der Waals surface area (Å²) in [6.45, 7) is 1.81. The van der Waals surface area contributed by atoms with Gasteiger partial charge in [0.15, 0.2) is 0 Å². The summed E-state index contributed by atoms with van der Waals surface area (Å²) >= 11 is 5.98. The van der Waals surface area contributed by atoms with Crippen LogP contribution in [0.3, 0.4) is 0 Å². The Morgan fingerprint density at radius 1 is 1.19 bits per heavy atom. The van der Waals surface area contributed by atoms with Crippen molar-refractivity contribution in [2.45, 2.75) is 31.7 Å². The molecule has 4 rings (SSSR count). The minimum atomic E-state index is 0. The lowest BCUT2D eigenvalue weighted by Gasteiger charge is -2.21. The Balaban J connectivity index is 0.00000121. The third-order valence-corrected chi connectivity index (χ3v) is 5.03. The predicted octanol–water partition coefficient (Wildman–Crippen LogP) is 3.33. The summed E-state index contributed by atoms with van der Waals surface area (Å²) in [5, 5.41) is 3.80. The Labute approximate surface area is 170 Å². The molecule has 1 saturated heterocycles. The van der Waals surface area contributed by atoms with Gasteiger partial charge in [0.2, 0.25) is 5.95 Å². The lowest BCUT2D eigenvalue weighted by atomic mass is 10.2. The van der Waals surface area contributed by atoms with E-state index in [1.807, 2.05) is 6.07 Å². The van der Waals surface area contributed by atoms with Gasteiger partial charge in [-0.3, -0.25) is 0 Å². The van der Waals surface area contributed by atoms with Gasteiger partial charge in [-0.25, -0.2) is 4.98 Å². The smallest absolute Gasteiger partial charge is 0.229 e. The van der Waals surface area contributed by atoms with Crippen molar-refractivity contribution in [1.82, 2.24) is 9.97 Å². The highest BCUT2D eigenvalue weighted by Gasteiger charge is 2.27. The van der Waals surface area contributed by atoms with Crippen LogP contribution >= 0.6 is 36.4 Å². The van der Waals surface area contributed by atoms with Gasteiger partial charge in [0.05, 0.1) is 16.4 Å². The van der Waals surface area contributed by atoms with Crippen molar-refractivity contribution < 1.29 is 0 Å². The summed E-state index contributed by atoms with van der Waals surface area (Å²) in [4.78, 5) is 11.8. The number of nitrogens with zero attached hydrogens (tertiary/aromatic N) is 3. The number of nitrogens with two attached hydrogens (primary N) is 2. The maximum Gasteiger partial charge on any atom is 0.229 e. The number of nitrogen functional groups attached to an aromatic ring is 1. The molecule has 0 amide bonds. The molecule has 1 aliphatic heterocycles. The molecule has 26 heavy (non-hydrogen) atoms. The number of halogens is 3. The molecule has 2 aromatic rings. The molecular formula is C17H23Cl3N6. The number of fused-ring (bicyclic) bond motifs is 1. The normalized spacial score (nSPS) is 18.1. The molecule has 0 unspecified atom stereocenters. The zero-order valence-corrected chi connectivity index (χ0v) is 16.6. The second-order valence-electron chi connectivity index (χ2n) is 6.51. The van der Waals surface area contributed by atoms with Crippen LogP contribution in [0.25, 0.3) is 0 Å². The molecule has 0 saturated carbocycles. The molecule has 2 aliphatic rings. The van der Waals surface area contributed by atoms with Gasteiger partial charge in [-0.1, -0.05) is 11.6 Å². The molecule has 1 atom stereocenters. The van der Waals surface area contributed by atoms with Crippen molar-refractivity contribution in [3.05, 3.63) is 34.5 Å². The van der Waals surface area contributed by atoms with Gasteiger partial charge in [0.25, 0.3) is 0 Å². The van der Waals surface area contributed by atoms with Gasteiger partial charge in [0.1, 0.15) is 5.82 Å². The van der Waals surface area contributed by atoms with Crippen molar-refractivity contribution in [2.24, 2.45) is 5.73 Å². The monoisotopic (exact) mass is 416 g/mol. The van der Waals surface area contributed by atoms with Crippen LogP contribution in [0, 0.1) is 0 Å². The van der Waals surface area contributed by atoms with Crippen molar-refractivity contribution in [3.8, 4) is 0 Å². The fourth-order valence-electron chi connectivity index (χ4n) is 3.46. The topological polar surface area (TPSA) is 93.1 Å². The van der Waals surface area contributed by atoms with Crippen LogP contribution in [0.15, 0.2) is 18.2 Å². The molecule has 0 bridgehead atoms. The van der Waals surface area contributed by atoms with Crippen LogP contribution in [0.2, 0.25) is 5.02 Å². The molecule has 5 N–H and O–H groups in total. The van der Waals surface area contributed by atoms with E-state index in [-0.39, 0.29) is 30.9 Å². The quantitative estimate of drug-likeness (QED) is 0.663.